The molecule has 220 valence electrons. The number of carbonyl (C=O) groups is 1. The Balaban J connectivity index is 1.42. The van der Waals surface area contributed by atoms with Gasteiger partial charge in [-0.1, -0.05) is 36.7 Å². The highest BCUT2D eigenvalue weighted by molar-refractivity contribution is 7.90. The van der Waals surface area contributed by atoms with Crippen LogP contribution in [0.1, 0.15) is 67.4 Å². The lowest BCUT2D eigenvalue weighted by atomic mass is 9.68. The molecule has 1 spiro atoms. The van der Waals surface area contributed by atoms with Gasteiger partial charge < -0.3 is 14.7 Å². The van der Waals surface area contributed by atoms with Crippen LogP contribution >= 0.6 is 11.6 Å². The minimum Gasteiger partial charge on any atom is -0.490 e. The number of sulfonamides is 1. The Labute approximate surface area is 248 Å². The molecule has 6 rings (SSSR count). The Hall–Kier alpha value is -2.55. The Kier molecular flexibility index (Phi) is 7.62. The summed E-state index contributed by atoms with van der Waals surface area (Å²) in [6.45, 7) is 5.46. The first kappa shape index (κ1) is 28.6. The Morgan fingerprint density at radius 3 is 2.73 bits per heavy atom. The van der Waals surface area contributed by atoms with Crippen molar-refractivity contribution in [2.24, 2.45) is 17.8 Å². The standard InChI is InChI=1S/C32H39ClN2O5S/c1-20-5-11-29(36)26-9-6-24(26)17-35-18-32(13-3-4-22-15-25(33)8-10-27(22)32)19-40-30-12-7-23(16-28(30)35)31(37)34-41(38,39)21(2)14-20/h5,7-8,10-12,15-16,20-21,24,26,29,36H,3-4,6,9,13-14,17-19H2,1-2H3,(H,34,37)/b11-5-/t20-,21-,24+,26-,29+,32+/m1/s1. The molecule has 2 N–H and O–H groups in total. The first-order valence-electron chi connectivity index (χ1n) is 14.8. The fourth-order valence-electron chi connectivity index (χ4n) is 7.27. The number of fused-ring (bicyclic) bond motifs is 4. The third-order valence-corrected chi connectivity index (χ3v) is 11.7. The van der Waals surface area contributed by atoms with E-state index in [0.717, 1.165) is 42.8 Å². The molecule has 2 aromatic carbocycles. The lowest BCUT2D eigenvalue weighted by Gasteiger charge is -2.45. The van der Waals surface area contributed by atoms with Gasteiger partial charge in [0.1, 0.15) is 5.75 Å². The maximum absolute atomic E-state index is 13.3. The molecule has 41 heavy (non-hydrogen) atoms. The summed E-state index contributed by atoms with van der Waals surface area (Å²) in [5, 5.41) is 11.1. The lowest BCUT2D eigenvalue weighted by Crippen LogP contribution is -2.49. The van der Waals surface area contributed by atoms with E-state index in [1.807, 2.05) is 25.1 Å². The smallest absolute Gasteiger partial charge is 0.264 e. The third kappa shape index (κ3) is 5.51. The average molecular weight is 599 g/mol. The Morgan fingerprint density at radius 1 is 1.12 bits per heavy atom. The second-order valence-electron chi connectivity index (χ2n) is 12.7. The highest BCUT2D eigenvalue weighted by atomic mass is 35.5. The summed E-state index contributed by atoms with van der Waals surface area (Å²) < 4.78 is 34.9. The molecule has 9 heteroatoms. The molecule has 1 fully saturated rings. The minimum absolute atomic E-state index is 0.0638. The monoisotopic (exact) mass is 598 g/mol. The van der Waals surface area contributed by atoms with E-state index in [1.54, 1.807) is 25.1 Å². The molecule has 0 saturated heterocycles. The Bertz CT molecular complexity index is 1480. The summed E-state index contributed by atoms with van der Waals surface area (Å²) in [6.07, 6.45) is 8.45. The molecule has 6 atom stereocenters. The van der Waals surface area contributed by atoms with Crippen LogP contribution < -0.4 is 14.4 Å². The number of anilines is 1. The molecule has 1 amide bonds. The fraction of sp³-hybridized carbons (Fsp3) is 0.531. The molecule has 0 radical (unpaired) electrons. The van der Waals surface area contributed by atoms with Gasteiger partial charge in [-0.15, -0.1) is 0 Å². The zero-order valence-electron chi connectivity index (χ0n) is 23.7. The van der Waals surface area contributed by atoms with Crippen LogP contribution in [0.15, 0.2) is 48.6 Å². The number of hydrogen-bond acceptors (Lipinski definition) is 6. The van der Waals surface area contributed by atoms with Gasteiger partial charge in [0.2, 0.25) is 10.0 Å². The number of aliphatic hydroxyl groups excluding tert-OH is 1. The summed E-state index contributed by atoms with van der Waals surface area (Å²) in [7, 11) is -3.89. The summed E-state index contributed by atoms with van der Waals surface area (Å²) in [5.74, 6) is 0.391. The van der Waals surface area contributed by atoms with Crippen molar-refractivity contribution in [1.82, 2.24) is 4.72 Å². The number of allylic oxidation sites excluding steroid dienone is 1. The number of aryl methyl sites for hydroxylation is 1. The number of nitrogens with zero attached hydrogens (tertiary/aromatic N) is 1. The van der Waals surface area contributed by atoms with Gasteiger partial charge in [-0.05, 0) is 105 Å². The number of amides is 1. The molecule has 2 heterocycles. The number of carbonyl (C=O) groups excluding carboxylic acids is 1. The van der Waals surface area contributed by atoms with Crippen LogP contribution in [0.4, 0.5) is 5.69 Å². The van der Waals surface area contributed by atoms with Gasteiger partial charge in [0.15, 0.2) is 0 Å². The summed E-state index contributed by atoms with van der Waals surface area (Å²) in [6, 6.07) is 11.4. The summed E-state index contributed by atoms with van der Waals surface area (Å²) >= 11 is 6.38. The Morgan fingerprint density at radius 2 is 1.95 bits per heavy atom. The second-order valence-corrected chi connectivity index (χ2v) is 15.2. The topological polar surface area (TPSA) is 95.9 Å². The van der Waals surface area contributed by atoms with Crippen molar-refractivity contribution in [3.8, 4) is 5.75 Å². The van der Waals surface area contributed by atoms with Crippen molar-refractivity contribution in [1.29, 1.82) is 0 Å². The number of ether oxygens (including phenoxy) is 1. The van der Waals surface area contributed by atoms with Crippen LogP contribution in [-0.2, 0) is 21.9 Å². The molecular formula is C32H39ClN2O5S. The van der Waals surface area contributed by atoms with E-state index < -0.39 is 27.3 Å². The van der Waals surface area contributed by atoms with E-state index in [-0.39, 0.29) is 28.7 Å². The van der Waals surface area contributed by atoms with Gasteiger partial charge in [0.05, 0.1) is 23.6 Å². The van der Waals surface area contributed by atoms with Crippen LogP contribution in [0.3, 0.4) is 0 Å². The maximum atomic E-state index is 13.3. The highest BCUT2D eigenvalue weighted by Crippen LogP contribution is 2.46. The van der Waals surface area contributed by atoms with Crippen molar-refractivity contribution >= 4 is 33.2 Å². The van der Waals surface area contributed by atoms with Crippen LogP contribution in [-0.4, -0.2) is 50.5 Å². The van der Waals surface area contributed by atoms with Gasteiger partial charge in [-0.25, -0.2) is 13.1 Å². The van der Waals surface area contributed by atoms with E-state index in [9.17, 15) is 18.3 Å². The zero-order valence-corrected chi connectivity index (χ0v) is 25.3. The predicted molar refractivity (Wildman–Crippen MR) is 161 cm³/mol. The van der Waals surface area contributed by atoms with Crippen LogP contribution in [0.25, 0.3) is 0 Å². The van der Waals surface area contributed by atoms with Crippen molar-refractivity contribution in [3.05, 3.63) is 70.3 Å². The maximum Gasteiger partial charge on any atom is 0.264 e. The largest absolute Gasteiger partial charge is 0.490 e. The third-order valence-electron chi connectivity index (χ3n) is 9.77. The molecule has 0 aromatic heterocycles. The van der Waals surface area contributed by atoms with Gasteiger partial charge in [0, 0.05) is 29.1 Å². The molecule has 2 aromatic rings. The predicted octanol–water partition coefficient (Wildman–Crippen LogP) is 5.24. The summed E-state index contributed by atoms with van der Waals surface area (Å²) in [5.41, 5.74) is 3.33. The number of nitrogens with one attached hydrogen (secondary N) is 1. The fourth-order valence-corrected chi connectivity index (χ4v) is 8.60. The highest BCUT2D eigenvalue weighted by Gasteiger charge is 2.44. The van der Waals surface area contributed by atoms with Crippen molar-refractivity contribution < 1.29 is 23.1 Å². The van der Waals surface area contributed by atoms with Gasteiger partial charge >= 0.3 is 0 Å². The molecule has 7 nitrogen and oxygen atoms in total. The van der Waals surface area contributed by atoms with Crippen molar-refractivity contribution in [3.63, 3.8) is 0 Å². The van der Waals surface area contributed by atoms with Crippen LogP contribution in [0, 0.1) is 17.8 Å². The molecule has 2 bridgehead atoms. The molecule has 2 aliphatic heterocycles. The number of aliphatic hydroxyl groups is 1. The first-order chi connectivity index (χ1) is 19.5. The first-order valence-corrected chi connectivity index (χ1v) is 16.7. The number of halogens is 1. The average Bonchev–Trinajstić information content (AvgIpc) is 3.06. The second kappa shape index (κ2) is 10.9. The zero-order chi connectivity index (χ0) is 28.9. The van der Waals surface area contributed by atoms with E-state index in [2.05, 4.69) is 21.8 Å². The molecule has 4 aliphatic rings. The molecular weight excluding hydrogens is 560 g/mol. The van der Waals surface area contributed by atoms with E-state index >= 15 is 0 Å². The van der Waals surface area contributed by atoms with Crippen molar-refractivity contribution in [2.45, 2.75) is 69.1 Å². The number of benzene rings is 2. The molecule has 1 saturated carbocycles. The van der Waals surface area contributed by atoms with Gasteiger partial charge in [-0.2, -0.15) is 0 Å². The lowest BCUT2D eigenvalue weighted by molar-refractivity contribution is 0.0454. The quantitative estimate of drug-likeness (QED) is 0.403. The number of rotatable bonds is 0. The van der Waals surface area contributed by atoms with Crippen molar-refractivity contribution in [2.75, 3.05) is 24.6 Å². The van der Waals surface area contributed by atoms with Gasteiger partial charge in [-0.3, -0.25) is 4.79 Å². The molecule has 0 unspecified atom stereocenters. The van der Waals surface area contributed by atoms with E-state index in [4.69, 9.17) is 16.3 Å². The summed E-state index contributed by atoms with van der Waals surface area (Å²) in [4.78, 5) is 15.6. The normalized spacial score (nSPS) is 33.8. The van der Waals surface area contributed by atoms with E-state index in [1.165, 1.54) is 11.1 Å². The van der Waals surface area contributed by atoms with E-state index in [0.29, 0.717) is 31.9 Å². The van der Waals surface area contributed by atoms with Crippen LogP contribution in [0.5, 0.6) is 5.75 Å². The minimum atomic E-state index is -3.89. The van der Waals surface area contributed by atoms with Gasteiger partial charge in [0.25, 0.3) is 5.91 Å². The molecule has 2 aliphatic carbocycles. The number of hydrogen-bond donors (Lipinski definition) is 2. The SMILES string of the molecule is C[C@@H]1/C=C\[C@H](O)[C@@H]2CC[C@H]2CN2C[C@@]3(CCCc4cc(Cl)ccc43)COc3ccc(cc32)C(=O)NS(=O)(=O)[C@H](C)C1. The van der Waals surface area contributed by atoms with Crippen LogP contribution in [0.2, 0.25) is 5.02 Å².